The average Bonchev–Trinajstić information content (AvgIpc) is 2.28. The third-order valence-electron chi connectivity index (χ3n) is 2.62. The Morgan fingerprint density at radius 1 is 1.67 bits per heavy atom. The van der Waals surface area contributed by atoms with Gasteiger partial charge in [-0.25, -0.2) is 0 Å². The van der Waals surface area contributed by atoms with Crippen LogP contribution in [0.3, 0.4) is 0 Å². The van der Waals surface area contributed by atoms with Gasteiger partial charge in [0.25, 0.3) is 0 Å². The van der Waals surface area contributed by atoms with Crippen molar-refractivity contribution < 1.29 is 4.74 Å². The maximum Gasteiger partial charge on any atom is 0.0635 e. The fraction of sp³-hybridized carbons (Fsp3) is 0.818. The molecule has 0 aromatic rings. The molecule has 0 aromatic carbocycles. The summed E-state index contributed by atoms with van der Waals surface area (Å²) in [6, 6.07) is 0.477. The molecule has 1 aliphatic rings. The first-order valence-corrected chi connectivity index (χ1v) is 6.00. The van der Waals surface area contributed by atoms with Gasteiger partial charge in [0.1, 0.15) is 0 Å². The molecule has 0 aromatic heterocycles. The normalized spacial score (nSPS) is 24.5. The highest BCUT2D eigenvalue weighted by molar-refractivity contribution is 6.25. The van der Waals surface area contributed by atoms with Crippen LogP contribution in [0.15, 0.2) is 11.1 Å². The van der Waals surface area contributed by atoms with Gasteiger partial charge in [0.05, 0.1) is 13.2 Å². The van der Waals surface area contributed by atoms with Gasteiger partial charge < -0.3 is 10.1 Å². The van der Waals surface area contributed by atoms with Crippen LogP contribution in [0, 0.1) is 0 Å². The maximum atomic E-state index is 5.69. The first kappa shape index (κ1) is 13.0. The molecule has 0 aliphatic carbocycles. The molecule has 1 heterocycles. The summed E-state index contributed by atoms with van der Waals surface area (Å²) in [4.78, 5) is 2.43. The maximum absolute atomic E-state index is 5.69. The number of nitrogens with zero attached hydrogens (tertiary/aromatic N) is 1. The van der Waals surface area contributed by atoms with Gasteiger partial charge in [-0.1, -0.05) is 18.5 Å². The molecule has 3 nitrogen and oxygen atoms in total. The van der Waals surface area contributed by atoms with Crippen molar-refractivity contribution in [2.75, 3.05) is 39.4 Å². The minimum atomic E-state index is 0.477. The van der Waals surface area contributed by atoms with Crippen LogP contribution in [-0.2, 0) is 4.74 Å². The summed E-state index contributed by atoms with van der Waals surface area (Å²) in [6.07, 6.45) is 0. The third kappa shape index (κ3) is 4.51. The van der Waals surface area contributed by atoms with Crippen LogP contribution in [0.4, 0.5) is 0 Å². The summed E-state index contributed by atoms with van der Waals surface area (Å²) in [6.45, 7) is 9.78. The highest BCUT2D eigenvalue weighted by Gasteiger charge is 2.22. The third-order valence-corrected chi connectivity index (χ3v) is 2.99. The molecule has 1 fully saturated rings. The molecule has 1 unspecified atom stereocenters. The van der Waals surface area contributed by atoms with Crippen LogP contribution in [0.2, 0.25) is 0 Å². The lowest BCUT2D eigenvalue weighted by Crippen LogP contribution is -2.50. The Morgan fingerprint density at radius 3 is 3.13 bits per heavy atom. The van der Waals surface area contributed by atoms with E-state index in [4.69, 9.17) is 16.3 Å². The molecule has 1 aliphatic heterocycles. The number of halogens is 1. The molecule has 1 saturated heterocycles. The van der Waals surface area contributed by atoms with Crippen molar-refractivity contribution >= 4 is 11.6 Å². The Kier molecular flexibility index (Phi) is 6.25. The van der Waals surface area contributed by atoms with E-state index in [-0.39, 0.29) is 0 Å². The van der Waals surface area contributed by atoms with Gasteiger partial charge in [-0.2, -0.15) is 0 Å². The van der Waals surface area contributed by atoms with E-state index in [2.05, 4.69) is 24.1 Å². The molecule has 1 atom stereocenters. The topological polar surface area (TPSA) is 24.5 Å². The number of morpholine rings is 1. The first-order chi connectivity index (χ1) is 7.27. The predicted molar refractivity (Wildman–Crippen MR) is 64.3 cm³/mol. The van der Waals surface area contributed by atoms with Crippen LogP contribution >= 0.6 is 11.6 Å². The second-order valence-corrected chi connectivity index (χ2v) is 4.18. The first-order valence-electron chi connectivity index (χ1n) is 5.56. The molecule has 4 heteroatoms. The lowest BCUT2D eigenvalue weighted by atomic mass is 10.2. The second-order valence-electron chi connectivity index (χ2n) is 3.96. The van der Waals surface area contributed by atoms with E-state index in [0.29, 0.717) is 6.04 Å². The van der Waals surface area contributed by atoms with Crippen LogP contribution < -0.4 is 5.32 Å². The molecular weight excluding hydrogens is 212 g/mol. The summed E-state index contributed by atoms with van der Waals surface area (Å²) in [5, 5.41) is 3.37. The van der Waals surface area contributed by atoms with Gasteiger partial charge in [-0.05, 0) is 19.0 Å². The summed E-state index contributed by atoms with van der Waals surface area (Å²) in [5.74, 6) is 0. The van der Waals surface area contributed by atoms with Gasteiger partial charge >= 0.3 is 0 Å². The molecular formula is C11H21ClN2O. The van der Waals surface area contributed by atoms with Crippen molar-refractivity contribution in [3.63, 3.8) is 0 Å². The molecule has 88 valence electrons. The number of ether oxygens (including phenoxy) is 1. The van der Waals surface area contributed by atoms with E-state index < -0.39 is 0 Å². The Labute approximate surface area is 97.4 Å². The smallest absolute Gasteiger partial charge is 0.0635 e. The Hall–Kier alpha value is -0.0900. The molecule has 0 spiro atoms. The predicted octanol–water partition coefficient (Wildman–Crippen LogP) is 1.44. The highest BCUT2D eigenvalue weighted by atomic mass is 35.5. The zero-order chi connectivity index (χ0) is 11.1. The van der Waals surface area contributed by atoms with Crippen molar-refractivity contribution in [3.05, 3.63) is 11.1 Å². The van der Waals surface area contributed by atoms with Gasteiger partial charge in [0, 0.05) is 31.2 Å². The number of hydrogen-bond acceptors (Lipinski definition) is 3. The van der Waals surface area contributed by atoms with Crippen molar-refractivity contribution in [2.24, 2.45) is 0 Å². The van der Waals surface area contributed by atoms with Gasteiger partial charge in [0.15, 0.2) is 0 Å². The number of nitrogens with one attached hydrogen (secondary N) is 1. The lowest BCUT2D eigenvalue weighted by Gasteiger charge is -2.35. The van der Waals surface area contributed by atoms with Crippen LogP contribution in [0.1, 0.15) is 13.8 Å². The van der Waals surface area contributed by atoms with Crippen molar-refractivity contribution in [2.45, 2.75) is 19.9 Å². The fourth-order valence-electron chi connectivity index (χ4n) is 1.75. The molecule has 0 amide bonds. The molecule has 0 bridgehead atoms. The van der Waals surface area contributed by atoms with Crippen molar-refractivity contribution in [1.29, 1.82) is 0 Å². The van der Waals surface area contributed by atoms with Crippen LogP contribution in [-0.4, -0.2) is 50.3 Å². The summed E-state index contributed by atoms with van der Waals surface area (Å²) in [7, 11) is 0. The Balaban J connectivity index is 2.42. The van der Waals surface area contributed by atoms with Gasteiger partial charge in [-0.15, -0.1) is 0 Å². The second kappa shape index (κ2) is 7.23. The molecule has 15 heavy (non-hydrogen) atoms. The standard InChI is InChI=1S/C11H21ClN2O/c1-3-13-7-11-9-15-5-4-14(11)8-10(2)6-12/h6,11,13H,3-5,7-9H2,1-2H3. The van der Waals surface area contributed by atoms with E-state index in [0.717, 1.165) is 39.4 Å². The van der Waals surface area contributed by atoms with E-state index in [1.807, 2.05) is 0 Å². The zero-order valence-electron chi connectivity index (χ0n) is 9.63. The Bertz CT molecular complexity index is 209. The Morgan fingerprint density at radius 2 is 2.47 bits per heavy atom. The zero-order valence-corrected chi connectivity index (χ0v) is 10.4. The summed E-state index contributed by atoms with van der Waals surface area (Å²) >= 11 is 5.69. The SMILES string of the molecule is CCNCC1COCCN1CC(C)=CCl. The van der Waals surface area contributed by atoms with Crippen molar-refractivity contribution in [3.8, 4) is 0 Å². The minimum Gasteiger partial charge on any atom is -0.378 e. The lowest BCUT2D eigenvalue weighted by molar-refractivity contribution is -0.00199. The highest BCUT2D eigenvalue weighted by Crippen LogP contribution is 2.09. The van der Waals surface area contributed by atoms with Gasteiger partial charge in [0.2, 0.25) is 0 Å². The number of hydrogen-bond donors (Lipinski definition) is 1. The molecule has 0 saturated carbocycles. The number of rotatable bonds is 5. The number of likely N-dealkylation sites (N-methyl/N-ethyl adjacent to an activating group) is 1. The molecule has 0 radical (unpaired) electrons. The molecule has 1 N–H and O–H groups in total. The van der Waals surface area contributed by atoms with E-state index >= 15 is 0 Å². The average molecular weight is 233 g/mol. The van der Waals surface area contributed by atoms with Crippen LogP contribution in [0.5, 0.6) is 0 Å². The van der Waals surface area contributed by atoms with Gasteiger partial charge in [-0.3, -0.25) is 4.90 Å². The fourth-order valence-corrected chi connectivity index (χ4v) is 1.82. The monoisotopic (exact) mass is 232 g/mol. The summed E-state index contributed by atoms with van der Waals surface area (Å²) in [5.41, 5.74) is 2.87. The van der Waals surface area contributed by atoms with E-state index in [1.165, 1.54) is 5.57 Å². The van der Waals surface area contributed by atoms with E-state index in [1.54, 1.807) is 5.54 Å². The quantitative estimate of drug-likeness (QED) is 0.777. The largest absolute Gasteiger partial charge is 0.378 e. The van der Waals surface area contributed by atoms with Crippen LogP contribution in [0.25, 0.3) is 0 Å². The van der Waals surface area contributed by atoms with Crippen molar-refractivity contribution in [1.82, 2.24) is 10.2 Å². The summed E-state index contributed by atoms with van der Waals surface area (Å²) < 4.78 is 5.49. The van der Waals surface area contributed by atoms with E-state index in [9.17, 15) is 0 Å². The minimum absolute atomic E-state index is 0.477. The molecule has 1 rings (SSSR count).